The Morgan fingerprint density at radius 2 is 1.20 bits per heavy atom. The molecule has 0 bridgehead atoms. The van der Waals surface area contributed by atoms with Crippen molar-refractivity contribution in [3.8, 4) is 0 Å². The van der Waals surface area contributed by atoms with Crippen molar-refractivity contribution in [2.24, 2.45) is 5.41 Å². The van der Waals surface area contributed by atoms with Gasteiger partial charge in [0.25, 0.3) is 0 Å². The van der Waals surface area contributed by atoms with Gasteiger partial charge in [0.15, 0.2) is 0 Å². The van der Waals surface area contributed by atoms with Crippen molar-refractivity contribution in [1.29, 1.82) is 0 Å². The Morgan fingerprint density at radius 1 is 0.700 bits per heavy atom. The highest BCUT2D eigenvalue weighted by molar-refractivity contribution is 5.12. The minimum atomic E-state index is 0.413. The van der Waals surface area contributed by atoms with E-state index in [1.807, 2.05) is 0 Å². The van der Waals surface area contributed by atoms with Gasteiger partial charge in [-0.25, -0.2) is 0 Å². The van der Waals surface area contributed by atoms with Crippen LogP contribution in [0.3, 0.4) is 0 Å². The van der Waals surface area contributed by atoms with Crippen molar-refractivity contribution in [1.82, 2.24) is 0 Å². The summed E-state index contributed by atoms with van der Waals surface area (Å²) in [6, 6.07) is 0. The molecule has 0 N–H and O–H groups in total. The van der Waals surface area contributed by atoms with Crippen LogP contribution in [-0.2, 0) is 0 Å². The standard InChI is InChI=1S/C20H36/c1-3-5-7-9-12-16-20(18-14-11-15-19-20)17-13-10-8-6-4-2/h12-13,16-17H,3-11,14-15,18-19H2,1-2H3/b16-12+,17-13+. The fraction of sp³-hybridized carbons (Fsp3) is 0.800. The third-order valence-corrected chi connectivity index (χ3v) is 4.63. The van der Waals surface area contributed by atoms with E-state index in [9.17, 15) is 0 Å². The molecule has 116 valence electrons. The lowest BCUT2D eigenvalue weighted by atomic mass is 9.73. The Bertz CT molecular complexity index is 244. The highest BCUT2D eigenvalue weighted by Crippen LogP contribution is 2.39. The molecule has 0 heteroatoms. The summed E-state index contributed by atoms with van der Waals surface area (Å²) in [4.78, 5) is 0. The lowest BCUT2D eigenvalue weighted by molar-refractivity contribution is 0.325. The molecule has 0 aromatic heterocycles. The maximum Gasteiger partial charge on any atom is 0.00609 e. The smallest absolute Gasteiger partial charge is 0.00609 e. The predicted molar refractivity (Wildman–Crippen MR) is 92.1 cm³/mol. The van der Waals surface area contributed by atoms with E-state index >= 15 is 0 Å². The van der Waals surface area contributed by atoms with Gasteiger partial charge in [0.1, 0.15) is 0 Å². The summed E-state index contributed by atoms with van der Waals surface area (Å²) in [5, 5.41) is 0. The van der Waals surface area contributed by atoms with Crippen molar-refractivity contribution < 1.29 is 0 Å². The molecule has 0 aliphatic heterocycles. The molecule has 0 spiro atoms. The van der Waals surface area contributed by atoms with Gasteiger partial charge in [0.05, 0.1) is 0 Å². The van der Waals surface area contributed by atoms with Crippen molar-refractivity contribution in [2.75, 3.05) is 0 Å². The molecule has 0 nitrogen and oxygen atoms in total. The minimum Gasteiger partial charge on any atom is -0.0877 e. The molecular weight excluding hydrogens is 240 g/mol. The van der Waals surface area contributed by atoms with Crippen molar-refractivity contribution in [3.63, 3.8) is 0 Å². The van der Waals surface area contributed by atoms with Gasteiger partial charge in [-0.2, -0.15) is 0 Å². The van der Waals surface area contributed by atoms with Gasteiger partial charge in [-0.05, 0) is 38.5 Å². The first kappa shape index (κ1) is 17.5. The number of hydrogen-bond donors (Lipinski definition) is 0. The van der Waals surface area contributed by atoms with Gasteiger partial charge >= 0.3 is 0 Å². The first-order valence-electron chi connectivity index (χ1n) is 9.18. The Balaban J connectivity index is 2.43. The molecule has 1 aliphatic rings. The number of hydrogen-bond acceptors (Lipinski definition) is 0. The SMILES string of the molecule is CCCCC/C=C/C1(/C=C/CCCCC)CCCCC1. The summed E-state index contributed by atoms with van der Waals surface area (Å²) >= 11 is 0. The average molecular weight is 277 g/mol. The summed E-state index contributed by atoms with van der Waals surface area (Å²) in [6.07, 6.45) is 27.8. The van der Waals surface area contributed by atoms with Gasteiger partial charge in [0, 0.05) is 5.41 Å². The molecular formula is C20H36. The lowest BCUT2D eigenvalue weighted by Gasteiger charge is -2.32. The molecule has 0 radical (unpaired) electrons. The Labute approximate surface area is 127 Å². The average Bonchev–Trinajstić information content (AvgIpc) is 2.48. The number of allylic oxidation sites excluding steroid dienone is 4. The minimum absolute atomic E-state index is 0.413. The summed E-state index contributed by atoms with van der Waals surface area (Å²) in [6.45, 7) is 4.57. The van der Waals surface area contributed by atoms with E-state index < -0.39 is 0 Å². The molecule has 0 aromatic carbocycles. The molecule has 20 heavy (non-hydrogen) atoms. The summed E-state index contributed by atoms with van der Waals surface area (Å²) in [5.41, 5.74) is 0.413. The van der Waals surface area contributed by atoms with Crippen LogP contribution in [0.1, 0.15) is 97.3 Å². The highest BCUT2D eigenvalue weighted by Gasteiger charge is 2.25. The van der Waals surface area contributed by atoms with E-state index in [0.717, 1.165) is 0 Å². The lowest BCUT2D eigenvalue weighted by Crippen LogP contribution is -2.18. The summed E-state index contributed by atoms with van der Waals surface area (Å²) in [7, 11) is 0. The van der Waals surface area contributed by atoms with Crippen molar-refractivity contribution >= 4 is 0 Å². The zero-order valence-electron chi connectivity index (χ0n) is 14.0. The molecule has 0 aromatic rings. The van der Waals surface area contributed by atoms with E-state index in [1.165, 1.54) is 83.5 Å². The van der Waals surface area contributed by atoms with Crippen LogP contribution in [-0.4, -0.2) is 0 Å². The van der Waals surface area contributed by atoms with E-state index in [2.05, 4.69) is 38.2 Å². The molecule has 0 atom stereocenters. The number of rotatable bonds is 10. The Kier molecular flexibility index (Phi) is 9.79. The van der Waals surface area contributed by atoms with E-state index in [-0.39, 0.29) is 0 Å². The fourth-order valence-electron chi connectivity index (χ4n) is 3.26. The van der Waals surface area contributed by atoms with Gasteiger partial charge in [-0.1, -0.05) is 83.1 Å². The zero-order valence-corrected chi connectivity index (χ0v) is 14.0. The third kappa shape index (κ3) is 7.31. The molecule has 1 aliphatic carbocycles. The van der Waals surface area contributed by atoms with E-state index in [4.69, 9.17) is 0 Å². The molecule has 1 rings (SSSR count). The van der Waals surface area contributed by atoms with E-state index in [0.29, 0.717) is 5.41 Å². The molecule has 0 amide bonds. The Morgan fingerprint density at radius 3 is 1.65 bits per heavy atom. The second-order valence-electron chi connectivity index (χ2n) is 6.59. The maximum atomic E-state index is 2.55. The van der Waals surface area contributed by atoms with Crippen molar-refractivity contribution in [3.05, 3.63) is 24.3 Å². The van der Waals surface area contributed by atoms with Crippen LogP contribution in [0.15, 0.2) is 24.3 Å². The second kappa shape index (κ2) is 11.2. The summed E-state index contributed by atoms with van der Waals surface area (Å²) in [5.74, 6) is 0. The summed E-state index contributed by atoms with van der Waals surface area (Å²) < 4.78 is 0. The normalized spacial score (nSPS) is 19.1. The first-order valence-corrected chi connectivity index (χ1v) is 9.18. The molecule has 0 saturated heterocycles. The van der Waals surface area contributed by atoms with Crippen LogP contribution < -0.4 is 0 Å². The van der Waals surface area contributed by atoms with Crippen LogP contribution >= 0.6 is 0 Å². The Hall–Kier alpha value is -0.520. The van der Waals surface area contributed by atoms with Crippen LogP contribution in [0.5, 0.6) is 0 Å². The van der Waals surface area contributed by atoms with Gasteiger partial charge in [0.2, 0.25) is 0 Å². The monoisotopic (exact) mass is 276 g/mol. The zero-order chi connectivity index (χ0) is 14.5. The first-order chi connectivity index (χ1) is 9.83. The fourth-order valence-corrected chi connectivity index (χ4v) is 3.26. The molecule has 1 fully saturated rings. The van der Waals surface area contributed by atoms with Gasteiger partial charge < -0.3 is 0 Å². The molecule has 1 saturated carbocycles. The topological polar surface area (TPSA) is 0 Å². The maximum absolute atomic E-state index is 2.55. The largest absolute Gasteiger partial charge is 0.0877 e. The number of unbranched alkanes of at least 4 members (excludes halogenated alkanes) is 6. The third-order valence-electron chi connectivity index (χ3n) is 4.63. The van der Waals surface area contributed by atoms with E-state index in [1.54, 1.807) is 0 Å². The molecule has 0 unspecified atom stereocenters. The molecule has 0 heterocycles. The quantitative estimate of drug-likeness (QED) is 0.292. The van der Waals surface area contributed by atoms with Gasteiger partial charge in [-0.3, -0.25) is 0 Å². The predicted octanol–water partition coefficient (Wildman–Crippen LogP) is 7.21. The van der Waals surface area contributed by atoms with Crippen LogP contribution in [0, 0.1) is 5.41 Å². The second-order valence-corrected chi connectivity index (χ2v) is 6.59. The van der Waals surface area contributed by atoms with Crippen LogP contribution in [0.4, 0.5) is 0 Å². The van der Waals surface area contributed by atoms with Gasteiger partial charge in [-0.15, -0.1) is 0 Å². The highest BCUT2D eigenvalue weighted by atomic mass is 14.3. The van der Waals surface area contributed by atoms with Crippen molar-refractivity contribution in [2.45, 2.75) is 97.3 Å². The van der Waals surface area contributed by atoms with Crippen LogP contribution in [0.2, 0.25) is 0 Å². The van der Waals surface area contributed by atoms with Crippen LogP contribution in [0.25, 0.3) is 0 Å².